The average molecular weight is 330 g/mol. The van der Waals surface area contributed by atoms with Gasteiger partial charge in [0.05, 0.1) is 5.02 Å². The van der Waals surface area contributed by atoms with Crippen LogP contribution >= 0.6 is 11.6 Å². The van der Waals surface area contributed by atoms with E-state index in [4.69, 9.17) is 16.7 Å². The lowest BCUT2D eigenvalue weighted by Crippen LogP contribution is -2.47. The van der Waals surface area contributed by atoms with Crippen molar-refractivity contribution < 1.29 is 23.4 Å². The van der Waals surface area contributed by atoms with Crippen molar-refractivity contribution in [2.24, 2.45) is 5.14 Å². The molecule has 0 atom stereocenters. The number of carbonyl (C=O) groups excluding carboxylic acids is 1. The standard InChI is InChI=1S/C12H10ClN3O3S.H2O/c13-10-5-4-9(8-11(10)20(14,18)19)12(17)15-16-6-2-1-3-7-16;/h1-8H,(H2-,14,15,17,18,19);1H2. The molecule has 0 radical (unpaired) electrons. The van der Waals surface area contributed by atoms with E-state index in [-0.39, 0.29) is 21.0 Å². The molecule has 1 aromatic heterocycles. The summed E-state index contributed by atoms with van der Waals surface area (Å²) in [6.07, 6.45) is 3.27. The lowest BCUT2D eigenvalue weighted by Gasteiger charge is -2.04. The highest BCUT2D eigenvalue weighted by molar-refractivity contribution is 7.89. The minimum atomic E-state index is -3.98. The van der Waals surface area contributed by atoms with Crippen LogP contribution < -0.4 is 15.2 Å². The second-order valence-corrected chi connectivity index (χ2v) is 5.85. The summed E-state index contributed by atoms with van der Waals surface area (Å²) in [5, 5.41) is 5.00. The number of primary sulfonamides is 1. The molecule has 0 saturated carbocycles. The number of rotatable bonds is 3. The smallest absolute Gasteiger partial charge is 0.305 e. The van der Waals surface area contributed by atoms with E-state index < -0.39 is 15.9 Å². The molecule has 2 rings (SSSR count). The first-order valence-corrected chi connectivity index (χ1v) is 7.40. The van der Waals surface area contributed by atoms with Gasteiger partial charge in [-0.2, -0.15) is 0 Å². The molecule has 0 unspecified atom stereocenters. The Morgan fingerprint density at radius 2 is 1.81 bits per heavy atom. The summed E-state index contributed by atoms with van der Waals surface area (Å²) < 4.78 is 24.1. The van der Waals surface area contributed by atoms with Gasteiger partial charge in [0, 0.05) is 17.7 Å². The molecule has 0 aliphatic rings. The third-order valence-corrected chi connectivity index (χ3v) is 3.84. The van der Waals surface area contributed by atoms with E-state index in [9.17, 15) is 13.2 Å². The van der Waals surface area contributed by atoms with Gasteiger partial charge in [-0.15, -0.1) is 5.43 Å². The van der Waals surface area contributed by atoms with Crippen molar-refractivity contribution >= 4 is 27.5 Å². The molecule has 21 heavy (non-hydrogen) atoms. The topological polar surface area (TPSA) is 123 Å². The summed E-state index contributed by atoms with van der Waals surface area (Å²) in [6, 6.07) is 9.12. The number of pyridine rings is 1. The minimum absolute atomic E-state index is 0. The molecule has 4 N–H and O–H groups in total. The SMILES string of the molecule is NS(=O)(=O)c1cc(C(=O)N[n+]2ccccc2)ccc1Cl.[OH-]. The molecule has 7 nitrogen and oxygen atoms in total. The van der Waals surface area contributed by atoms with E-state index in [1.54, 1.807) is 30.6 Å². The molecule has 0 saturated heterocycles. The first kappa shape index (κ1) is 17.1. The zero-order valence-corrected chi connectivity index (χ0v) is 12.2. The quantitative estimate of drug-likeness (QED) is 0.795. The fourth-order valence-corrected chi connectivity index (χ4v) is 2.59. The maximum atomic E-state index is 12.0. The van der Waals surface area contributed by atoms with Gasteiger partial charge < -0.3 is 5.48 Å². The Kier molecular flexibility index (Phi) is 5.39. The summed E-state index contributed by atoms with van der Waals surface area (Å²) in [5.41, 5.74) is 2.69. The van der Waals surface area contributed by atoms with Crippen LogP contribution in [0.1, 0.15) is 10.4 Å². The number of hydrogen-bond donors (Lipinski definition) is 2. The Morgan fingerprint density at radius 3 is 2.38 bits per heavy atom. The number of nitrogens with zero attached hydrogens (tertiary/aromatic N) is 1. The molecule has 0 aliphatic carbocycles. The van der Waals surface area contributed by atoms with Gasteiger partial charge in [0.1, 0.15) is 4.90 Å². The number of nitrogens with one attached hydrogen (secondary N) is 1. The Morgan fingerprint density at radius 1 is 1.19 bits per heavy atom. The van der Waals surface area contributed by atoms with Crippen molar-refractivity contribution in [2.75, 3.05) is 5.43 Å². The summed E-state index contributed by atoms with van der Waals surface area (Å²) in [6.45, 7) is 0. The highest BCUT2D eigenvalue weighted by atomic mass is 35.5. The number of carbonyl (C=O) groups is 1. The summed E-state index contributed by atoms with van der Waals surface area (Å²) in [4.78, 5) is 11.7. The van der Waals surface area contributed by atoms with E-state index >= 15 is 0 Å². The van der Waals surface area contributed by atoms with Crippen LogP contribution in [0, 0.1) is 0 Å². The largest absolute Gasteiger partial charge is 0.870 e. The molecular formula is C12H12ClN3O4S. The number of amides is 1. The van der Waals surface area contributed by atoms with Gasteiger partial charge in [0.15, 0.2) is 12.4 Å². The lowest BCUT2D eigenvalue weighted by molar-refractivity contribution is -0.641. The van der Waals surface area contributed by atoms with Crippen molar-refractivity contribution in [1.82, 2.24) is 0 Å². The lowest BCUT2D eigenvalue weighted by atomic mass is 10.2. The average Bonchev–Trinajstić information content (AvgIpc) is 2.39. The zero-order chi connectivity index (χ0) is 14.8. The van der Waals surface area contributed by atoms with Gasteiger partial charge in [-0.25, -0.2) is 13.6 Å². The molecule has 1 amide bonds. The number of aromatic nitrogens is 1. The monoisotopic (exact) mass is 329 g/mol. The Bertz CT molecular complexity index is 750. The molecule has 112 valence electrons. The van der Waals surface area contributed by atoms with Crippen LogP contribution in [-0.2, 0) is 10.0 Å². The number of sulfonamides is 1. The zero-order valence-electron chi connectivity index (χ0n) is 10.6. The highest BCUT2D eigenvalue weighted by Gasteiger charge is 2.17. The molecular weight excluding hydrogens is 318 g/mol. The normalized spacial score (nSPS) is 10.6. The van der Waals surface area contributed by atoms with E-state index in [1.807, 2.05) is 0 Å². The van der Waals surface area contributed by atoms with Crippen molar-refractivity contribution in [3.05, 3.63) is 59.4 Å². The molecule has 0 bridgehead atoms. The molecule has 0 fully saturated rings. The molecule has 1 heterocycles. The van der Waals surface area contributed by atoms with Crippen LogP contribution in [0.15, 0.2) is 53.7 Å². The number of benzene rings is 1. The summed E-state index contributed by atoms with van der Waals surface area (Å²) in [7, 11) is -3.98. The maximum absolute atomic E-state index is 12.0. The van der Waals surface area contributed by atoms with E-state index in [2.05, 4.69) is 5.43 Å². The second kappa shape index (κ2) is 6.64. The third kappa shape index (κ3) is 4.23. The summed E-state index contributed by atoms with van der Waals surface area (Å²) >= 11 is 5.75. The van der Waals surface area contributed by atoms with Crippen molar-refractivity contribution in [3.8, 4) is 0 Å². The van der Waals surface area contributed by atoms with Crippen LogP contribution in [0.5, 0.6) is 0 Å². The Balaban J connectivity index is 0.00000220. The Hall–Kier alpha value is -2.00. The highest BCUT2D eigenvalue weighted by Crippen LogP contribution is 2.21. The molecule has 1 aromatic carbocycles. The van der Waals surface area contributed by atoms with Crippen molar-refractivity contribution in [3.63, 3.8) is 0 Å². The van der Waals surface area contributed by atoms with Gasteiger partial charge in [0.2, 0.25) is 10.0 Å². The first-order valence-electron chi connectivity index (χ1n) is 5.48. The van der Waals surface area contributed by atoms with E-state index in [0.29, 0.717) is 0 Å². The third-order valence-electron chi connectivity index (χ3n) is 2.45. The van der Waals surface area contributed by atoms with Crippen molar-refractivity contribution in [2.45, 2.75) is 4.90 Å². The number of nitrogens with two attached hydrogens (primary N) is 1. The minimum Gasteiger partial charge on any atom is -0.870 e. The molecule has 0 aliphatic heterocycles. The van der Waals surface area contributed by atoms with E-state index in [0.717, 1.165) is 6.07 Å². The fourth-order valence-electron chi connectivity index (χ4n) is 1.52. The summed E-state index contributed by atoms with van der Waals surface area (Å²) in [5.74, 6) is -0.484. The number of halogens is 1. The van der Waals surface area contributed by atoms with Gasteiger partial charge >= 0.3 is 5.91 Å². The maximum Gasteiger partial charge on any atom is 0.305 e. The second-order valence-electron chi connectivity index (χ2n) is 3.91. The predicted octanol–water partition coefficient (Wildman–Crippen LogP) is 0.482. The molecule has 9 heteroatoms. The van der Waals surface area contributed by atoms with Gasteiger partial charge in [-0.3, -0.25) is 4.79 Å². The van der Waals surface area contributed by atoms with Gasteiger partial charge in [-0.1, -0.05) is 22.3 Å². The van der Waals surface area contributed by atoms with Gasteiger partial charge in [-0.05, 0) is 18.2 Å². The van der Waals surface area contributed by atoms with Crippen LogP contribution in [0.4, 0.5) is 0 Å². The molecule has 0 spiro atoms. The van der Waals surface area contributed by atoms with Crippen LogP contribution in [-0.4, -0.2) is 19.8 Å². The van der Waals surface area contributed by atoms with Crippen LogP contribution in [0.25, 0.3) is 0 Å². The fraction of sp³-hybridized carbons (Fsp3) is 0. The van der Waals surface area contributed by atoms with E-state index in [1.165, 1.54) is 16.8 Å². The molecule has 2 aromatic rings. The Labute approximate surface area is 126 Å². The first-order chi connectivity index (χ1) is 9.38. The van der Waals surface area contributed by atoms with Crippen molar-refractivity contribution in [1.29, 1.82) is 0 Å². The van der Waals surface area contributed by atoms with Crippen LogP contribution in [0.2, 0.25) is 5.02 Å². The van der Waals surface area contributed by atoms with Crippen LogP contribution in [0.3, 0.4) is 0 Å². The van der Waals surface area contributed by atoms with Gasteiger partial charge in [0.25, 0.3) is 0 Å². The number of hydrogen-bond acceptors (Lipinski definition) is 4. The predicted molar refractivity (Wildman–Crippen MR) is 75.1 cm³/mol.